The van der Waals surface area contributed by atoms with Crippen molar-refractivity contribution in [3.63, 3.8) is 0 Å². The lowest BCUT2D eigenvalue weighted by Gasteiger charge is -2.18. The molecular weight excluding hydrogens is 188 g/mol. The van der Waals surface area contributed by atoms with Crippen LogP contribution in [0.3, 0.4) is 0 Å². The molecule has 2 heteroatoms. The lowest BCUT2D eigenvalue weighted by atomic mass is 10.2. The maximum atomic E-state index is 5.14. The first-order chi connectivity index (χ1) is 6.90. The summed E-state index contributed by atoms with van der Waals surface area (Å²) in [7, 11) is 0. The van der Waals surface area contributed by atoms with Gasteiger partial charge in [0, 0.05) is 5.57 Å². The molecule has 0 aliphatic carbocycles. The summed E-state index contributed by atoms with van der Waals surface area (Å²) >= 11 is 0. The van der Waals surface area contributed by atoms with Gasteiger partial charge < -0.3 is 4.89 Å². The molecule has 0 aromatic carbocycles. The lowest BCUT2D eigenvalue weighted by Crippen LogP contribution is -2.19. The highest BCUT2D eigenvalue weighted by Crippen LogP contribution is 2.16. The predicted molar refractivity (Wildman–Crippen MR) is 64.2 cm³/mol. The van der Waals surface area contributed by atoms with Crippen molar-refractivity contribution in [1.82, 2.24) is 0 Å². The summed E-state index contributed by atoms with van der Waals surface area (Å²) in [6.45, 7) is 15.1. The van der Waals surface area contributed by atoms with E-state index in [-0.39, 0.29) is 5.60 Å². The van der Waals surface area contributed by atoms with Gasteiger partial charge in [-0.25, -0.2) is 0 Å². The molecule has 0 amide bonds. The van der Waals surface area contributed by atoms with Crippen molar-refractivity contribution in [2.75, 3.05) is 0 Å². The average Bonchev–Trinajstić information content (AvgIpc) is 2.15. The fraction of sp³-hybridized carbons (Fsp3) is 0.385. The maximum Gasteiger partial charge on any atom is 0.165 e. The van der Waals surface area contributed by atoms with Gasteiger partial charge in [0.2, 0.25) is 0 Å². The summed E-state index contributed by atoms with van der Waals surface area (Å²) in [5.74, 6) is 0.457. The number of hydrogen-bond acceptors (Lipinski definition) is 2. The van der Waals surface area contributed by atoms with E-state index in [1.165, 1.54) is 0 Å². The molecule has 15 heavy (non-hydrogen) atoms. The van der Waals surface area contributed by atoms with E-state index in [0.717, 1.165) is 5.57 Å². The second kappa shape index (κ2) is 6.25. The minimum atomic E-state index is -0.351. The minimum Gasteiger partial charge on any atom is -0.337 e. The lowest BCUT2D eigenvalue weighted by molar-refractivity contribution is -0.318. The Kier molecular flexibility index (Phi) is 5.72. The van der Waals surface area contributed by atoms with E-state index < -0.39 is 0 Å². The Bertz CT molecular complexity index is 277. The Morgan fingerprint density at radius 3 is 2.27 bits per heavy atom. The highest BCUT2D eigenvalue weighted by molar-refractivity contribution is 5.35. The van der Waals surface area contributed by atoms with Crippen LogP contribution in [0.2, 0.25) is 0 Å². The molecule has 84 valence electrons. The van der Waals surface area contributed by atoms with Crippen LogP contribution >= 0.6 is 0 Å². The third kappa shape index (κ3) is 6.75. The Morgan fingerprint density at radius 2 is 1.87 bits per heavy atom. The minimum absolute atomic E-state index is 0.351. The van der Waals surface area contributed by atoms with E-state index in [1.54, 1.807) is 6.08 Å². The third-order valence-corrected chi connectivity index (χ3v) is 1.40. The van der Waals surface area contributed by atoms with E-state index >= 15 is 0 Å². The normalized spacial score (nSPS) is 12.9. The van der Waals surface area contributed by atoms with Gasteiger partial charge in [0.05, 0.1) is 0 Å². The molecule has 0 fully saturated rings. The van der Waals surface area contributed by atoms with Crippen LogP contribution in [0.15, 0.2) is 48.8 Å². The molecule has 0 spiro atoms. The standard InChI is InChI=1S/C13H20O2/c1-7-9-10-12(8-2)11(3)14-15-13(4,5)6/h7-10H,2-3H2,1,4-6H3/b9-7-,12-10+. The van der Waals surface area contributed by atoms with Crippen molar-refractivity contribution in [1.29, 1.82) is 0 Å². The second-order valence-corrected chi connectivity index (χ2v) is 4.05. The van der Waals surface area contributed by atoms with Gasteiger partial charge in [0.15, 0.2) is 5.76 Å². The number of allylic oxidation sites excluding steroid dienone is 4. The van der Waals surface area contributed by atoms with Crippen molar-refractivity contribution in [2.45, 2.75) is 33.3 Å². The number of rotatable bonds is 5. The molecule has 0 saturated carbocycles. The van der Waals surface area contributed by atoms with Crippen LogP contribution in [-0.4, -0.2) is 5.60 Å². The fourth-order valence-corrected chi connectivity index (χ4v) is 0.698. The van der Waals surface area contributed by atoms with E-state index in [0.29, 0.717) is 5.76 Å². The van der Waals surface area contributed by atoms with Gasteiger partial charge in [-0.2, -0.15) is 4.89 Å². The molecule has 0 radical (unpaired) electrons. The zero-order valence-corrected chi connectivity index (χ0v) is 10.0. The molecule has 0 unspecified atom stereocenters. The predicted octanol–water partition coefficient (Wildman–Crippen LogP) is 3.94. The van der Waals surface area contributed by atoms with Crippen molar-refractivity contribution >= 4 is 0 Å². The smallest absolute Gasteiger partial charge is 0.165 e. The molecule has 0 rings (SSSR count). The van der Waals surface area contributed by atoms with E-state index in [1.807, 2.05) is 45.9 Å². The zero-order chi connectivity index (χ0) is 11.9. The van der Waals surface area contributed by atoms with Crippen LogP contribution in [0.25, 0.3) is 0 Å². The summed E-state index contributed by atoms with van der Waals surface area (Å²) in [6.07, 6.45) is 7.35. The Hall–Kier alpha value is -1.28. The summed E-state index contributed by atoms with van der Waals surface area (Å²) in [5.41, 5.74) is 0.452. The van der Waals surface area contributed by atoms with Crippen LogP contribution < -0.4 is 0 Å². The second-order valence-electron chi connectivity index (χ2n) is 4.05. The molecule has 0 saturated heterocycles. The van der Waals surface area contributed by atoms with Gasteiger partial charge in [-0.15, -0.1) is 0 Å². The summed E-state index contributed by atoms with van der Waals surface area (Å²) in [4.78, 5) is 10.2. The topological polar surface area (TPSA) is 18.5 Å². The molecule has 0 aromatic rings. The molecule has 0 aliphatic heterocycles. The third-order valence-electron chi connectivity index (χ3n) is 1.40. The first-order valence-corrected chi connectivity index (χ1v) is 4.91. The largest absolute Gasteiger partial charge is 0.337 e. The van der Waals surface area contributed by atoms with E-state index in [4.69, 9.17) is 9.78 Å². The van der Waals surface area contributed by atoms with Gasteiger partial charge in [0.25, 0.3) is 0 Å². The van der Waals surface area contributed by atoms with Crippen molar-refractivity contribution < 1.29 is 9.78 Å². The van der Waals surface area contributed by atoms with Gasteiger partial charge in [-0.05, 0) is 27.7 Å². The molecule has 0 aliphatic rings. The highest BCUT2D eigenvalue weighted by Gasteiger charge is 2.13. The van der Waals surface area contributed by atoms with E-state index in [2.05, 4.69) is 13.2 Å². The monoisotopic (exact) mass is 208 g/mol. The molecule has 0 aromatic heterocycles. The fourth-order valence-electron chi connectivity index (χ4n) is 0.698. The SMILES string of the molecule is C=C/C(=C\C=C/C)C(=C)OOC(C)(C)C. The van der Waals surface area contributed by atoms with Crippen LogP contribution in [0.4, 0.5) is 0 Å². The summed E-state index contributed by atoms with van der Waals surface area (Å²) in [6, 6.07) is 0. The van der Waals surface area contributed by atoms with Crippen LogP contribution in [0.5, 0.6) is 0 Å². The zero-order valence-electron chi connectivity index (χ0n) is 10.0. The first kappa shape index (κ1) is 13.7. The summed E-state index contributed by atoms with van der Waals surface area (Å²) < 4.78 is 0. The van der Waals surface area contributed by atoms with Crippen LogP contribution in [0.1, 0.15) is 27.7 Å². The molecule has 0 bridgehead atoms. The van der Waals surface area contributed by atoms with Gasteiger partial charge in [0.1, 0.15) is 5.60 Å². The van der Waals surface area contributed by atoms with E-state index in [9.17, 15) is 0 Å². The van der Waals surface area contributed by atoms with Crippen molar-refractivity contribution in [3.8, 4) is 0 Å². The molecule has 0 heterocycles. The molecule has 0 N–H and O–H groups in total. The summed E-state index contributed by atoms with van der Waals surface area (Å²) in [5, 5.41) is 0. The Balaban J connectivity index is 4.36. The highest BCUT2D eigenvalue weighted by atomic mass is 17.2. The quantitative estimate of drug-likeness (QED) is 0.295. The van der Waals surface area contributed by atoms with Gasteiger partial charge in [-0.1, -0.05) is 37.5 Å². The average molecular weight is 208 g/mol. The molecular formula is C13H20O2. The molecule has 0 atom stereocenters. The van der Waals surface area contributed by atoms with Crippen molar-refractivity contribution in [2.24, 2.45) is 0 Å². The first-order valence-electron chi connectivity index (χ1n) is 4.91. The Morgan fingerprint density at radius 1 is 1.27 bits per heavy atom. The number of hydrogen-bond donors (Lipinski definition) is 0. The van der Waals surface area contributed by atoms with Crippen LogP contribution in [-0.2, 0) is 9.78 Å². The van der Waals surface area contributed by atoms with Gasteiger partial charge >= 0.3 is 0 Å². The molecule has 2 nitrogen and oxygen atoms in total. The Labute approximate surface area is 92.5 Å². The maximum absolute atomic E-state index is 5.14. The van der Waals surface area contributed by atoms with Gasteiger partial charge in [-0.3, -0.25) is 0 Å². The van der Waals surface area contributed by atoms with Crippen molar-refractivity contribution in [3.05, 3.63) is 48.8 Å². The van der Waals surface area contributed by atoms with Crippen LogP contribution in [0, 0.1) is 0 Å².